The van der Waals surface area contributed by atoms with Gasteiger partial charge in [0.25, 0.3) is 5.91 Å². The highest BCUT2D eigenvalue weighted by molar-refractivity contribution is 5.99. The van der Waals surface area contributed by atoms with Crippen molar-refractivity contribution >= 4 is 5.91 Å². The van der Waals surface area contributed by atoms with E-state index in [1.807, 2.05) is 13.8 Å². The third-order valence-electron chi connectivity index (χ3n) is 2.69. The first-order valence-electron chi connectivity index (χ1n) is 5.11. The topological polar surface area (TPSA) is 62.7 Å². The lowest BCUT2D eigenvalue weighted by atomic mass is 10.1. The van der Waals surface area contributed by atoms with Crippen LogP contribution in [0.1, 0.15) is 36.0 Å². The maximum atomic E-state index is 12.0. The molecule has 1 aliphatic rings. The average molecular weight is 222 g/mol. The van der Waals surface area contributed by atoms with Gasteiger partial charge in [0, 0.05) is 12.2 Å². The molecule has 5 heteroatoms. The molecule has 5 nitrogen and oxygen atoms in total. The highest BCUT2D eigenvalue weighted by Crippen LogP contribution is 2.37. The second kappa shape index (κ2) is 3.75. The number of aliphatic hydroxyl groups is 1. The number of hydrogen-bond donors (Lipinski definition) is 1. The SMILES string of the molecule is COc1nccc2c1C(O)N(C(C)C)C2=O. The molecule has 1 N–H and O–H groups in total. The highest BCUT2D eigenvalue weighted by atomic mass is 16.5. The maximum absolute atomic E-state index is 12.0. The third kappa shape index (κ3) is 1.36. The van der Waals surface area contributed by atoms with Crippen LogP contribution >= 0.6 is 0 Å². The van der Waals surface area contributed by atoms with Crippen LogP contribution in [0.4, 0.5) is 0 Å². The number of rotatable bonds is 2. The first-order chi connectivity index (χ1) is 7.57. The Morgan fingerprint density at radius 1 is 1.56 bits per heavy atom. The zero-order valence-corrected chi connectivity index (χ0v) is 9.47. The molecule has 0 spiro atoms. The smallest absolute Gasteiger partial charge is 0.257 e. The van der Waals surface area contributed by atoms with Crippen LogP contribution in [0, 0.1) is 0 Å². The van der Waals surface area contributed by atoms with Gasteiger partial charge in [0.15, 0.2) is 6.23 Å². The molecule has 0 saturated carbocycles. The summed E-state index contributed by atoms with van der Waals surface area (Å²) in [6, 6.07) is 1.53. The van der Waals surface area contributed by atoms with Gasteiger partial charge in [-0.2, -0.15) is 0 Å². The van der Waals surface area contributed by atoms with Crippen LogP contribution in [-0.4, -0.2) is 34.0 Å². The van der Waals surface area contributed by atoms with Crippen molar-refractivity contribution in [1.82, 2.24) is 9.88 Å². The second-order valence-corrected chi connectivity index (χ2v) is 3.96. The molecule has 1 unspecified atom stereocenters. The molecule has 0 bridgehead atoms. The van der Waals surface area contributed by atoms with Crippen molar-refractivity contribution in [2.45, 2.75) is 26.1 Å². The molecule has 0 radical (unpaired) electrons. The van der Waals surface area contributed by atoms with Gasteiger partial charge >= 0.3 is 0 Å². The molecule has 1 aliphatic heterocycles. The Hall–Kier alpha value is -1.62. The Morgan fingerprint density at radius 2 is 2.25 bits per heavy atom. The number of carbonyl (C=O) groups excluding carboxylic acids is 1. The maximum Gasteiger partial charge on any atom is 0.257 e. The van der Waals surface area contributed by atoms with Gasteiger partial charge in [-0.05, 0) is 19.9 Å². The van der Waals surface area contributed by atoms with Crippen LogP contribution in [0.15, 0.2) is 12.3 Å². The monoisotopic (exact) mass is 222 g/mol. The summed E-state index contributed by atoms with van der Waals surface area (Å²) in [5.41, 5.74) is 0.928. The molecule has 0 aromatic carbocycles. The zero-order valence-electron chi connectivity index (χ0n) is 9.47. The van der Waals surface area contributed by atoms with Crippen molar-refractivity contribution < 1.29 is 14.6 Å². The van der Waals surface area contributed by atoms with Crippen molar-refractivity contribution in [2.24, 2.45) is 0 Å². The summed E-state index contributed by atoms with van der Waals surface area (Å²) in [6.45, 7) is 3.71. The molecule has 0 fully saturated rings. The molecule has 1 aromatic heterocycles. The van der Waals surface area contributed by atoms with Crippen molar-refractivity contribution in [2.75, 3.05) is 7.11 Å². The van der Waals surface area contributed by atoms with Gasteiger partial charge in [0.1, 0.15) is 0 Å². The minimum absolute atomic E-state index is 0.0698. The Balaban J connectivity index is 2.55. The zero-order chi connectivity index (χ0) is 11.9. The van der Waals surface area contributed by atoms with E-state index in [1.54, 1.807) is 6.07 Å². The van der Waals surface area contributed by atoms with Gasteiger partial charge in [-0.1, -0.05) is 0 Å². The predicted molar refractivity (Wildman–Crippen MR) is 57.1 cm³/mol. The van der Waals surface area contributed by atoms with Crippen LogP contribution in [0.5, 0.6) is 5.88 Å². The Kier molecular flexibility index (Phi) is 2.55. The standard InChI is InChI=1S/C11H14N2O3/c1-6(2)13-10(14)7-4-5-12-9(16-3)8(7)11(13)15/h4-6,11,15H,1-3H3. The van der Waals surface area contributed by atoms with Gasteiger partial charge in [0.2, 0.25) is 5.88 Å². The molecular formula is C11H14N2O3. The van der Waals surface area contributed by atoms with E-state index in [4.69, 9.17) is 4.74 Å². The second-order valence-electron chi connectivity index (χ2n) is 3.96. The fourth-order valence-corrected chi connectivity index (χ4v) is 1.96. The first kappa shape index (κ1) is 10.9. The van der Waals surface area contributed by atoms with Crippen LogP contribution in [0.2, 0.25) is 0 Å². The lowest BCUT2D eigenvalue weighted by Gasteiger charge is -2.24. The number of amides is 1. The van der Waals surface area contributed by atoms with E-state index < -0.39 is 6.23 Å². The fourth-order valence-electron chi connectivity index (χ4n) is 1.96. The quantitative estimate of drug-likeness (QED) is 0.809. The number of pyridine rings is 1. The number of aromatic nitrogens is 1. The highest BCUT2D eigenvalue weighted by Gasteiger charge is 2.39. The largest absolute Gasteiger partial charge is 0.481 e. The number of hydrogen-bond acceptors (Lipinski definition) is 4. The van der Waals surface area contributed by atoms with E-state index in [0.29, 0.717) is 17.0 Å². The van der Waals surface area contributed by atoms with Gasteiger partial charge in [-0.3, -0.25) is 4.79 Å². The van der Waals surface area contributed by atoms with E-state index in [-0.39, 0.29) is 11.9 Å². The number of carbonyl (C=O) groups is 1. The van der Waals surface area contributed by atoms with E-state index in [9.17, 15) is 9.90 Å². The summed E-state index contributed by atoms with van der Waals surface area (Å²) >= 11 is 0. The minimum Gasteiger partial charge on any atom is -0.481 e. The summed E-state index contributed by atoms with van der Waals surface area (Å²) < 4.78 is 5.05. The lowest BCUT2D eigenvalue weighted by molar-refractivity contribution is 0.00267. The molecule has 2 rings (SSSR count). The Morgan fingerprint density at radius 3 is 2.81 bits per heavy atom. The summed E-state index contributed by atoms with van der Waals surface area (Å²) in [4.78, 5) is 17.4. The van der Waals surface area contributed by atoms with Crippen LogP contribution in [0.25, 0.3) is 0 Å². The van der Waals surface area contributed by atoms with Crippen LogP contribution < -0.4 is 4.74 Å². The number of nitrogens with zero attached hydrogens (tertiary/aromatic N) is 2. The molecule has 86 valence electrons. The van der Waals surface area contributed by atoms with E-state index in [1.165, 1.54) is 18.2 Å². The van der Waals surface area contributed by atoms with Crippen molar-refractivity contribution in [3.63, 3.8) is 0 Å². The summed E-state index contributed by atoms with van der Waals surface area (Å²) in [5.74, 6) is 0.125. The van der Waals surface area contributed by atoms with Crippen molar-refractivity contribution in [3.05, 3.63) is 23.4 Å². The Bertz CT molecular complexity index is 431. The van der Waals surface area contributed by atoms with Gasteiger partial charge in [-0.15, -0.1) is 0 Å². The average Bonchev–Trinajstić information content (AvgIpc) is 2.51. The van der Waals surface area contributed by atoms with E-state index in [0.717, 1.165) is 0 Å². The lowest BCUT2D eigenvalue weighted by Crippen LogP contribution is -2.34. The van der Waals surface area contributed by atoms with Crippen LogP contribution in [0.3, 0.4) is 0 Å². The molecule has 16 heavy (non-hydrogen) atoms. The minimum atomic E-state index is -0.967. The van der Waals surface area contributed by atoms with E-state index >= 15 is 0 Å². The molecule has 0 saturated heterocycles. The molecular weight excluding hydrogens is 208 g/mol. The van der Waals surface area contributed by atoms with Gasteiger partial charge < -0.3 is 14.7 Å². The summed E-state index contributed by atoms with van der Waals surface area (Å²) in [6.07, 6.45) is 0.540. The summed E-state index contributed by atoms with van der Waals surface area (Å²) in [5, 5.41) is 10.1. The molecule has 1 atom stereocenters. The van der Waals surface area contributed by atoms with Crippen molar-refractivity contribution in [3.8, 4) is 5.88 Å². The predicted octanol–water partition coefficient (Wildman–Crippen LogP) is 0.945. The van der Waals surface area contributed by atoms with Gasteiger partial charge in [-0.25, -0.2) is 4.98 Å². The number of methoxy groups -OCH3 is 1. The molecule has 1 amide bonds. The fraction of sp³-hybridized carbons (Fsp3) is 0.455. The van der Waals surface area contributed by atoms with Crippen LogP contribution in [-0.2, 0) is 0 Å². The number of ether oxygens (including phenoxy) is 1. The molecule has 1 aromatic rings. The first-order valence-corrected chi connectivity index (χ1v) is 5.11. The Labute approximate surface area is 93.7 Å². The third-order valence-corrected chi connectivity index (χ3v) is 2.69. The number of aliphatic hydroxyl groups excluding tert-OH is 1. The number of fused-ring (bicyclic) bond motifs is 1. The van der Waals surface area contributed by atoms with E-state index in [2.05, 4.69) is 4.98 Å². The normalized spacial score (nSPS) is 19.2. The van der Waals surface area contributed by atoms with Gasteiger partial charge in [0.05, 0.1) is 18.2 Å². The molecule has 2 heterocycles. The van der Waals surface area contributed by atoms with Crippen molar-refractivity contribution in [1.29, 1.82) is 0 Å². The summed E-state index contributed by atoms with van der Waals surface area (Å²) in [7, 11) is 1.47. The molecule has 0 aliphatic carbocycles.